The summed E-state index contributed by atoms with van der Waals surface area (Å²) in [6.07, 6.45) is 6.69. The molecular weight excluding hydrogens is 504 g/mol. The van der Waals surface area contributed by atoms with Crippen molar-refractivity contribution in [2.45, 2.75) is 25.8 Å². The number of ether oxygens (including phenoxy) is 3. The van der Waals surface area contributed by atoms with Crippen molar-refractivity contribution in [1.82, 2.24) is 19.7 Å². The standard InChI is InChI=1S/C29H29ClN4O4/c1-4-26(35)33-15-7-8-20(18-33)34-29-22(16-31-17-25(29)37-5-2)28(32-34)19-11-13-21(14-12-19)38-24-10-6-9-23(36-3)27(24)30/h4,6,9-14,16-17,20H,1,5,7-8,15,18H2,2-3H3/t20-/m1/s1. The zero-order valence-electron chi connectivity index (χ0n) is 21.4. The number of rotatable bonds is 8. The van der Waals surface area contributed by atoms with Crippen molar-refractivity contribution in [3.05, 3.63) is 72.5 Å². The lowest BCUT2D eigenvalue weighted by Crippen LogP contribution is -2.40. The number of benzene rings is 2. The fourth-order valence-corrected chi connectivity index (χ4v) is 5.05. The number of piperidine rings is 1. The van der Waals surface area contributed by atoms with Crippen LogP contribution in [0.3, 0.4) is 0 Å². The molecule has 1 atom stereocenters. The second-order valence-electron chi connectivity index (χ2n) is 8.94. The monoisotopic (exact) mass is 532 g/mol. The number of carbonyl (C=O) groups is 1. The number of hydrogen-bond donors (Lipinski definition) is 0. The van der Waals surface area contributed by atoms with E-state index in [0.29, 0.717) is 47.7 Å². The number of pyridine rings is 1. The molecular formula is C29H29ClN4O4. The molecule has 0 unspecified atom stereocenters. The van der Waals surface area contributed by atoms with Crippen LogP contribution in [0.2, 0.25) is 5.02 Å². The van der Waals surface area contributed by atoms with Gasteiger partial charge in [0.25, 0.3) is 0 Å². The number of nitrogens with zero attached hydrogens (tertiary/aromatic N) is 4. The minimum atomic E-state index is -0.0650. The molecule has 0 aliphatic carbocycles. The molecule has 196 valence electrons. The Morgan fingerprint density at radius 1 is 1.16 bits per heavy atom. The van der Waals surface area contributed by atoms with Crippen molar-refractivity contribution in [2.75, 3.05) is 26.8 Å². The molecule has 0 N–H and O–H groups in total. The van der Waals surface area contributed by atoms with E-state index >= 15 is 0 Å². The van der Waals surface area contributed by atoms with Crippen LogP contribution in [-0.4, -0.2) is 52.4 Å². The summed E-state index contributed by atoms with van der Waals surface area (Å²) in [4.78, 5) is 18.6. The van der Waals surface area contributed by atoms with Gasteiger partial charge in [-0.1, -0.05) is 24.2 Å². The lowest BCUT2D eigenvalue weighted by molar-refractivity contribution is -0.127. The maximum absolute atomic E-state index is 12.3. The number of aromatic nitrogens is 3. The maximum atomic E-state index is 12.3. The average Bonchev–Trinajstić information content (AvgIpc) is 3.35. The summed E-state index contributed by atoms with van der Waals surface area (Å²) in [5.41, 5.74) is 2.56. The number of fused-ring (bicyclic) bond motifs is 1. The minimum absolute atomic E-state index is 0.00307. The third-order valence-corrected chi connectivity index (χ3v) is 6.98. The van der Waals surface area contributed by atoms with Gasteiger partial charge < -0.3 is 19.1 Å². The van der Waals surface area contributed by atoms with Crippen LogP contribution in [-0.2, 0) is 4.79 Å². The first-order chi connectivity index (χ1) is 18.5. The Hall–Kier alpha value is -4.04. The van der Waals surface area contributed by atoms with Crippen LogP contribution in [0.4, 0.5) is 0 Å². The summed E-state index contributed by atoms with van der Waals surface area (Å²) in [6.45, 7) is 7.37. The third kappa shape index (κ3) is 4.91. The van der Waals surface area contributed by atoms with E-state index in [1.54, 1.807) is 25.4 Å². The van der Waals surface area contributed by atoms with E-state index in [4.69, 9.17) is 30.9 Å². The van der Waals surface area contributed by atoms with E-state index in [2.05, 4.69) is 11.6 Å². The molecule has 8 nitrogen and oxygen atoms in total. The molecule has 4 aromatic rings. The molecule has 9 heteroatoms. The van der Waals surface area contributed by atoms with Gasteiger partial charge in [-0.05, 0) is 62.2 Å². The summed E-state index contributed by atoms with van der Waals surface area (Å²) in [7, 11) is 1.57. The Balaban J connectivity index is 1.51. The highest BCUT2D eigenvalue weighted by atomic mass is 35.5. The molecule has 1 aliphatic rings. The number of carbonyl (C=O) groups excluding carboxylic acids is 1. The maximum Gasteiger partial charge on any atom is 0.246 e. The van der Waals surface area contributed by atoms with Crippen LogP contribution < -0.4 is 14.2 Å². The van der Waals surface area contributed by atoms with Gasteiger partial charge in [0.1, 0.15) is 33.5 Å². The Bertz CT molecular complexity index is 1470. The molecule has 1 amide bonds. The van der Waals surface area contributed by atoms with Crippen molar-refractivity contribution >= 4 is 28.4 Å². The fourth-order valence-electron chi connectivity index (χ4n) is 4.81. The van der Waals surface area contributed by atoms with Crippen LogP contribution in [0, 0.1) is 0 Å². The average molecular weight is 533 g/mol. The first kappa shape index (κ1) is 25.6. The smallest absolute Gasteiger partial charge is 0.246 e. The molecule has 0 bridgehead atoms. The molecule has 1 aliphatic heterocycles. The predicted molar refractivity (Wildman–Crippen MR) is 147 cm³/mol. The minimum Gasteiger partial charge on any atom is -0.495 e. The Morgan fingerprint density at radius 3 is 2.68 bits per heavy atom. The van der Waals surface area contributed by atoms with Gasteiger partial charge in [0.15, 0.2) is 5.75 Å². The highest BCUT2D eigenvalue weighted by Gasteiger charge is 2.28. The van der Waals surface area contributed by atoms with Crippen molar-refractivity contribution in [3.8, 4) is 34.3 Å². The molecule has 2 aromatic heterocycles. The lowest BCUT2D eigenvalue weighted by Gasteiger charge is -2.32. The number of hydrogen-bond acceptors (Lipinski definition) is 6. The van der Waals surface area contributed by atoms with E-state index in [-0.39, 0.29) is 11.9 Å². The van der Waals surface area contributed by atoms with Crippen LogP contribution >= 0.6 is 11.6 Å². The summed E-state index contributed by atoms with van der Waals surface area (Å²) in [6, 6.07) is 13.1. The summed E-state index contributed by atoms with van der Waals surface area (Å²) in [5.74, 6) is 2.29. The fraction of sp³-hybridized carbons (Fsp3) is 0.276. The van der Waals surface area contributed by atoms with Gasteiger partial charge in [-0.2, -0.15) is 5.10 Å². The van der Waals surface area contributed by atoms with E-state index in [9.17, 15) is 4.79 Å². The number of halogens is 1. The Labute approximate surface area is 226 Å². The van der Waals surface area contributed by atoms with Crippen molar-refractivity contribution in [1.29, 1.82) is 0 Å². The van der Waals surface area contributed by atoms with Crippen LogP contribution in [0.25, 0.3) is 22.2 Å². The quantitative estimate of drug-likeness (QED) is 0.248. The lowest BCUT2D eigenvalue weighted by atomic mass is 10.1. The van der Waals surface area contributed by atoms with Gasteiger partial charge in [0, 0.05) is 24.8 Å². The Kier molecular flexibility index (Phi) is 7.51. The van der Waals surface area contributed by atoms with E-state index < -0.39 is 0 Å². The van der Waals surface area contributed by atoms with Crippen molar-refractivity contribution in [2.24, 2.45) is 0 Å². The molecule has 3 heterocycles. The number of likely N-dealkylation sites (tertiary alicyclic amines) is 1. The summed E-state index contributed by atoms with van der Waals surface area (Å²) >= 11 is 6.40. The zero-order valence-corrected chi connectivity index (χ0v) is 22.1. The summed E-state index contributed by atoms with van der Waals surface area (Å²) in [5, 5.41) is 6.34. The van der Waals surface area contributed by atoms with Crippen molar-refractivity contribution in [3.63, 3.8) is 0 Å². The number of methoxy groups -OCH3 is 1. The van der Waals surface area contributed by atoms with Crippen LogP contribution in [0.1, 0.15) is 25.8 Å². The van der Waals surface area contributed by atoms with Gasteiger partial charge in [-0.15, -0.1) is 0 Å². The normalized spacial score (nSPS) is 15.3. The topological polar surface area (TPSA) is 78.7 Å². The van der Waals surface area contributed by atoms with Crippen molar-refractivity contribution < 1.29 is 19.0 Å². The molecule has 38 heavy (non-hydrogen) atoms. The molecule has 1 fully saturated rings. The molecule has 1 saturated heterocycles. The van der Waals surface area contributed by atoms with Gasteiger partial charge in [0.05, 0.1) is 31.3 Å². The first-order valence-electron chi connectivity index (χ1n) is 12.5. The largest absolute Gasteiger partial charge is 0.495 e. The number of amides is 1. The predicted octanol–water partition coefficient (Wildman–Crippen LogP) is 6.30. The van der Waals surface area contributed by atoms with Gasteiger partial charge in [-0.25, -0.2) is 0 Å². The molecule has 2 aromatic carbocycles. The zero-order chi connectivity index (χ0) is 26.6. The highest BCUT2D eigenvalue weighted by Crippen LogP contribution is 2.39. The Morgan fingerprint density at radius 2 is 1.95 bits per heavy atom. The summed E-state index contributed by atoms with van der Waals surface area (Å²) < 4.78 is 19.2. The van der Waals surface area contributed by atoms with E-state index in [1.807, 2.05) is 53.0 Å². The first-order valence-corrected chi connectivity index (χ1v) is 12.9. The van der Waals surface area contributed by atoms with Gasteiger partial charge >= 0.3 is 0 Å². The molecule has 0 spiro atoms. The second-order valence-corrected chi connectivity index (χ2v) is 9.32. The van der Waals surface area contributed by atoms with Crippen LogP contribution in [0.15, 0.2) is 67.5 Å². The molecule has 0 saturated carbocycles. The van der Waals surface area contributed by atoms with Gasteiger partial charge in [0.2, 0.25) is 5.91 Å². The second kappa shape index (κ2) is 11.1. The SMILES string of the molecule is C=CC(=O)N1CCC[C@@H](n2nc(-c3ccc(Oc4cccc(OC)c4Cl)cc3)c3cncc(OCC)c32)C1. The highest BCUT2D eigenvalue weighted by molar-refractivity contribution is 6.33. The van der Waals surface area contributed by atoms with Crippen LogP contribution in [0.5, 0.6) is 23.0 Å². The molecule has 0 radical (unpaired) electrons. The third-order valence-electron chi connectivity index (χ3n) is 6.61. The van der Waals surface area contributed by atoms with Gasteiger partial charge in [-0.3, -0.25) is 14.5 Å². The molecule has 5 rings (SSSR count). The van der Waals surface area contributed by atoms with E-state index in [1.165, 1.54) is 6.08 Å². The van der Waals surface area contributed by atoms with E-state index in [0.717, 1.165) is 35.0 Å².